The summed E-state index contributed by atoms with van der Waals surface area (Å²) in [5, 5.41) is 14.1. The Morgan fingerprint density at radius 1 is 1.18 bits per heavy atom. The molecule has 0 saturated carbocycles. The first kappa shape index (κ1) is 24.9. The molecule has 196 valence electrons. The molecule has 12 heteroatoms. The first-order valence-electron chi connectivity index (χ1n) is 12.0. The highest BCUT2D eigenvalue weighted by molar-refractivity contribution is 6.00. The molecule has 0 aliphatic carbocycles. The Kier molecular flexibility index (Phi) is 6.53. The second kappa shape index (κ2) is 9.96. The minimum absolute atomic E-state index is 0.0429. The molecule has 2 aromatic carbocycles. The van der Waals surface area contributed by atoms with Crippen molar-refractivity contribution < 1.29 is 23.5 Å². The molecule has 3 N–H and O–H groups in total. The molecule has 1 aliphatic heterocycles. The summed E-state index contributed by atoms with van der Waals surface area (Å²) in [5.41, 5.74) is 1.44. The maximum Gasteiger partial charge on any atom is 0.307 e. The Balaban J connectivity index is 1.30. The Morgan fingerprint density at radius 2 is 1.97 bits per heavy atom. The van der Waals surface area contributed by atoms with E-state index in [9.17, 15) is 14.0 Å². The third kappa shape index (κ3) is 5.33. The lowest BCUT2D eigenvalue weighted by Gasteiger charge is -2.31. The van der Waals surface area contributed by atoms with E-state index in [1.165, 1.54) is 0 Å². The molecule has 38 heavy (non-hydrogen) atoms. The number of anilines is 5. The van der Waals surface area contributed by atoms with Crippen LogP contribution in [-0.4, -0.2) is 43.8 Å². The summed E-state index contributed by atoms with van der Waals surface area (Å²) in [6.07, 6.45) is 3.13. The molecule has 0 bridgehead atoms. The Bertz CT molecular complexity index is 1540. The first-order chi connectivity index (χ1) is 18.2. The Hall–Kier alpha value is -4.74. The van der Waals surface area contributed by atoms with E-state index in [0.717, 1.165) is 17.1 Å². The molecule has 0 fully saturated rings. The van der Waals surface area contributed by atoms with E-state index in [0.29, 0.717) is 36.0 Å². The van der Waals surface area contributed by atoms with Gasteiger partial charge in [0.1, 0.15) is 5.75 Å². The van der Waals surface area contributed by atoms with Crippen molar-refractivity contribution in [2.24, 2.45) is 0 Å². The van der Waals surface area contributed by atoms with Crippen LogP contribution in [0.15, 0.2) is 48.8 Å². The summed E-state index contributed by atoms with van der Waals surface area (Å²) in [6, 6.07) is 10.5. The zero-order chi connectivity index (χ0) is 26.9. The number of fused-ring (bicyclic) bond motifs is 2. The smallest absolute Gasteiger partial charge is 0.307 e. The van der Waals surface area contributed by atoms with Gasteiger partial charge in [-0.15, -0.1) is 0 Å². The monoisotopic (exact) mass is 519 g/mol. The van der Waals surface area contributed by atoms with Crippen molar-refractivity contribution in [1.29, 1.82) is 0 Å². The molecular weight excluding hydrogens is 493 g/mol. The maximum atomic E-state index is 14.5. The lowest BCUT2D eigenvalue weighted by atomic mass is 10.1. The van der Waals surface area contributed by atoms with Crippen molar-refractivity contribution in [1.82, 2.24) is 19.7 Å². The fourth-order valence-corrected chi connectivity index (χ4v) is 3.88. The Morgan fingerprint density at radius 3 is 2.79 bits per heavy atom. The van der Waals surface area contributed by atoms with Crippen molar-refractivity contribution in [2.45, 2.75) is 39.3 Å². The van der Waals surface area contributed by atoms with E-state index in [1.54, 1.807) is 49.7 Å². The van der Waals surface area contributed by atoms with Crippen molar-refractivity contribution in [2.75, 3.05) is 22.6 Å². The predicted octanol–water partition coefficient (Wildman–Crippen LogP) is 4.52. The highest BCUT2D eigenvalue weighted by Crippen LogP contribution is 2.36. The van der Waals surface area contributed by atoms with Crippen LogP contribution < -0.4 is 20.7 Å². The normalized spacial score (nSPS) is 13.8. The molecule has 1 aliphatic rings. The number of esters is 1. The summed E-state index contributed by atoms with van der Waals surface area (Å²) >= 11 is 0. The number of nitrogens with one attached hydrogen (secondary N) is 3. The van der Waals surface area contributed by atoms with Gasteiger partial charge in [0.25, 0.3) is 5.91 Å². The van der Waals surface area contributed by atoms with Crippen LogP contribution in [0, 0.1) is 5.82 Å². The van der Waals surface area contributed by atoms with Gasteiger partial charge in [-0.3, -0.25) is 14.3 Å². The van der Waals surface area contributed by atoms with Crippen molar-refractivity contribution in [3.63, 3.8) is 0 Å². The highest BCUT2D eigenvalue weighted by atomic mass is 19.1. The average molecular weight is 520 g/mol. The number of rotatable bonds is 8. The number of hydrogen-bond acceptors (Lipinski definition) is 9. The van der Waals surface area contributed by atoms with Crippen LogP contribution in [-0.2, 0) is 20.9 Å². The van der Waals surface area contributed by atoms with Gasteiger partial charge in [0.2, 0.25) is 5.95 Å². The van der Waals surface area contributed by atoms with Gasteiger partial charge in [-0.25, -0.2) is 9.37 Å². The molecule has 2 aromatic heterocycles. The van der Waals surface area contributed by atoms with Crippen LogP contribution >= 0.6 is 0 Å². The highest BCUT2D eigenvalue weighted by Gasteiger charge is 2.35. The predicted molar refractivity (Wildman–Crippen MR) is 139 cm³/mol. The molecule has 0 atom stereocenters. The summed E-state index contributed by atoms with van der Waals surface area (Å²) in [4.78, 5) is 32.1. The number of amides is 1. The van der Waals surface area contributed by atoms with Crippen molar-refractivity contribution in [3.05, 3.63) is 54.6 Å². The summed E-state index contributed by atoms with van der Waals surface area (Å²) in [6.45, 7) is 5.87. The molecule has 0 radical (unpaired) electrons. The number of ether oxygens (including phenoxy) is 2. The van der Waals surface area contributed by atoms with E-state index < -0.39 is 11.4 Å². The van der Waals surface area contributed by atoms with Gasteiger partial charge in [-0.1, -0.05) is 0 Å². The van der Waals surface area contributed by atoms with Crippen LogP contribution in [0.1, 0.15) is 27.2 Å². The largest absolute Gasteiger partial charge is 0.476 e. The summed E-state index contributed by atoms with van der Waals surface area (Å²) < 4.78 is 26.9. The van der Waals surface area contributed by atoms with E-state index in [4.69, 9.17) is 9.47 Å². The van der Waals surface area contributed by atoms with Gasteiger partial charge in [0.15, 0.2) is 17.2 Å². The summed E-state index contributed by atoms with van der Waals surface area (Å²) in [7, 11) is 0. The molecule has 11 nitrogen and oxygen atoms in total. The fourth-order valence-electron chi connectivity index (χ4n) is 3.88. The lowest BCUT2D eigenvalue weighted by Crippen LogP contribution is -2.45. The lowest BCUT2D eigenvalue weighted by molar-refractivity contribution is -0.143. The minimum atomic E-state index is -0.981. The van der Waals surface area contributed by atoms with E-state index >= 15 is 0 Å². The van der Waals surface area contributed by atoms with Crippen LogP contribution in [0.2, 0.25) is 0 Å². The van der Waals surface area contributed by atoms with Gasteiger partial charge in [-0.05, 0) is 57.2 Å². The fraction of sp³-hybridized carbons (Fsp3) is 0.269. The van der Waals surface area contributed by atoms with Crippen molar-refractivity contribution in [3.8, 4) is 5.75 Å². The second-order valence-corrected chi connectivity index (χ2v) is 9.14. The SMILES string of the molecule is CCOC(=O)CCn1cc2cc(Nc3ncc(F)c(Nc4ccc5c(c4)NC(=O)C(C)(C)O5)n3)ccc2n1. The third-order valence-corrected chi connectivity index (χ3v) is 5.80. The standard InChI is InChI=1S/C26H26FN7O4/c1-4-37-22(35)9-10-34-14-15-11-16(5-7-19(15)33-34)30-25-28-13-18(27)23(32-25)29-17-6-8-21-20(12-17)31-24(36)26(2,3)38-21/h5-8,11-14H,4,9-10H2,1-3H3,(H,31,36)(H2,28,29,30,32). The maximum absolute atomic E-state index is 14.5. The molecule has 3 heterocycles. The van der Waals surface area contributed by atoms with Gasteiger partial charge in [0, 0.05) is 23.0 Å². The van der Waals surface area contributed by atoms with Crippen molar-refractivity contribution >= 4 is 51.6 Å². The first-order valence-corrected chi connectivity index (χ1v) is 12.0. The van der Waals surface area contributed by atoms with E-state index in [-0.39, 0.29) is 30.1 Å². The van der Waals surface area contributed by atoms with Crippen LogP contribution in [0.25, 0.3) is 10.9 Å². The number of carbonyl (C=O) groups excluding carboxylic acids is 2. The molecule has 5 rings (SSSR count). The molecule has 0 saturated heterocycles. The van der Waals surface area contributed by atoms with Crippen LogP contribution in [0.4, 0.5) is 33.2 Å². The van der Waals surface area contributed by atoms with Gasteiger partial charge < -0.3 is 25.4 Å². The average Bonchev–Trinajstić information content (AvgIpc) is 3.28. The van der Waals surface area contributed by atoms with Crippen LogP contribution in [0.5, 0.6) is 5.75 Å². The number of carbonyl (C=O) groups is 2. The number of benzene rings is 2. The van der Waals surface area contributed by atoms with Crippen LogP contribution in [0.3, 0.4) is 0 Å². The van der Waals surface area contributed by atoms with Gasteiger partial charge in [-0.2, -0.15) is 10.1 Å². The van der Waals surface area contributed by atoms with E-state index in [1.807, 2.05) is 18.3 Å². The number of aromatic nitrogens is 4. The number of hydrogen-bond donors (Lipinski definition) is 3. The van der Waals surface area contributed by atoms with Gasteiger partial charge in [0.05, 0.1) is 37.0 Å². The molecule has 0 spiro atoms. The summed E-state index contributed by atoms with van der Waals surface area (Å²) in [5.74, 6) is -0.538. The molecule has 0 unspecified atom stereocenters. The minimum Gasteiger partial charge on any atom is -0.476 e. The number of aryl methyl sites for hydroxylation is 1. The molecule has 4 aromatic rings. The quantitative estimate of drug-likeness (QED) is 0.288. The molecule has 1 amide bonds. The second-order valence-electron chi connectivity index (χ2n) is 9.14. The third-order valence-electron chi connectivity index (χ3n) is 5.80. The molecular formula is C26H26FN7O4. The van der Waals surface area contributed by atoms with Gasteiger partial charge >= 0.3 is 5.97 Å². The Labute approximate surface area is 217 Å². The number of nitrogens with zero attached hydrogens (tertiary/aromatic N) is 4. The van der Waals surface area contributed by atoms with E-state index in [2.05, 4.69) is 31.0 Å². The number of halogens is 1. The topological polar surface area (TPSA) is 132 Å². The zero-order valence-corrected chi connectivity index (χ0v) is 21.0. The zero-order valence-electron chi connectivity index (χ0n) is 21.0.